The molecule has 0 saturated carbocycles. The summed E-state index contributed by atoms with van der Waals surface area (Å²) in [5.41, 5.74) is 1.48. The summed E-state index contributed by atoms with van der Waals surface area (Å²) < 4.78 is 16.3. The molecule has 0 saturated heterocycles. The zero-order valence-electron chi connectivity index (χ0n) is 16.0. The molecule has 27 heavy (non-hydrogen) atoms. The van der Waals surface area contributed by atoms with Gasteiger partial charge in [0.25, 0.3) is 0 Å². The molecule has 0 bridgehead atoms. The number of rotatable bonds is 9. The van der Waals surface area contributed by atoms with Crippen molar-refractivity contribution < 1.29 is 19.0 Å². The van der Waals surface area contributed by atoms with Gasteiger partial charge in [-0.25, -0.2) is 4.79 Å². The van der Waals surface area contributed by atoms with Crippen LogP contribution in [0, 0.1) is 0 Å². The topological polar surface area (TPSA) is 48.0 Å². The highest BCUT2D eigenvalue weighted by Gasteiger charge is 2.16. The fraction of sp³-hybridized carbons (Fsp3) is 0.350. The second kappa shape index (κ2) is 11.0. The monoisotopic (exact) mass is 407 g/mol. The van der Waals surface area contributed by atoms with Crippen LogP contribution in [-0.2, 0) is 16.1 Å². The third-order valence-electron chi connectivity index (χ3n) is 3.91. The number of nitrogens with zero attached hydrogens (tertiary/aromatic N) is 1. The second-order valence-electron chi connectivity index (χ2n) is 6.57. The molecule has 0 aliphatic heterocycles. The molecule has 0 unspecified atom stereocenters. The van der Waals surface area contributed by atoms with Crippen molar-refractivity contribution in [1.82, 2.24) is 0 Å². The molecule has 0 aliphatic rings. The highest BCUT2D eigenvalue weighted by atomic mass is 35.5. The third kappa shape index (κ3) is 7.25. The Morgan fingerprint density at radius 1 is 1.15 bits per heavy atom. The lowest BCUT2D eigenvalue weighted by Gasteiger charge is -2.19. The van der Waals surface area contributed by atoms with Crippen LogP contribution in [0.5, 0.6) is 5.75 Å². The van der Waals surface area contributed by atoms with Gasteiger partial charge in [0.05, 0.1) is 10.7 Å². The summed E-state index contributed by atoms with van der Waals surface area (Å²) in [5, 5.41) is 0.404. The Labute approximate surface area is 167 Å². The van der Waals surface area contributed by atoms with Crippen LogP contribution < -0.4 is 9.64 Å². The van der Waals surface area contributed by atoms with Gasteiger partial charge in [0.1, 0.15) is 12.4 Å². The largest absolute Gasteiger partial charge is 0.468 e. The van der Waals surface area contributed by atoms with Gasteiger partial charge in [-0.15, -0.1) is 0 Å². The Morgan fingerprint density at radius 2 is 1.89 bits per heavy atom. The fourth-order valence-electron chi connectivity index (χ4n) is 2.25. The Bertz CT molecular complexity index is 727. The zero-order valence-corrected chi connectivity index (χ0v) is 17.9. The lowest BCUT2D eigenvalue weighted by atomic mass is 10.2. The maximum atomic E-state index is 12.2. The van der Waals surface area contributed by atoms with Gasteiger partial charge in [-0.1, -0.05) is 55.0 Å². The highest BCUT2D eigenvalue weighted by Crippen LogP contribution is 2.29. The van der Waals surface area contributed by atoms with Gasteiger partial charge >= 0.3 is 6.09 Å². The number of hydrogen-bond donors (Lipinski definition) is 0. The van der Waals surface area contributed by atoms with E-state index in [-0.39, 0.29) is 13.4 Å². The predicted molar refractivity (Wildman–Crippen MR) is 112 cm³/mol. The fourth-order valence-corrected chi connectivity index (χ4v) is 3.19. The molecule has 2 rings (SSSR count). The molecule has 7 heteroatoms. The smallest absolute Gasteiger partial charge is 0.414 e. The Kier molecular flexibility index (Phi) is 8.64. The van der Waals surface area contributed by atoms with E-state index in [1.165, 1.54) is 4.90 Å². The van der Waals surface area contributed by atoms with Gasteiger partial charge in [-0.2, -0.15) is 0 Å². The molecule has 0 aromatic heterocycles. The van der Waals surface area contributed by atoms with Gasteiger partial charge < -0.3 is 14.2 Å². The quantitative estimate of drug-likeness (QED) is 0.335. The van der Waals surface area contributed by atoms with Gasteiger partial charge in [0.15, 0.2) is 6.79 Å². The number of amides is 1. The van der Waals surface area contributed by atoms with Crippen LogP contribution >= 0.6 is 11.6 Å². The van der Waals surface area contributed by atoms with E-state index in [0.717, 1.165) is 11.6 Å². The van der Waals surface area contributed by atoms with Crippen molar-refractivity contribution >= 4 is 32.2 Å². The first-order valence-electron chi connectivity index (χ1n) is 8.92. The Balaban J connectivity index is 1.85. The predicted octanol–water partition coefficient (Wildman–Crippen LogP) is 4.95. The minimum atomic E-state index is -0.601. The van der Waals surface area contributed by atoms with Crippen molar-refractivity contribution in [2.75, 3.05) is 25.3 Å². The number of anilines is 1. The van der Waals surface area contributed by atoms with E-state index in [2.05, 4.69) is 13.1 Å². The van der Waals surface area contributed by atoms with Crippen molar-refractivity contribution in [3.8, 4) is 5.75 Å². The van der Waals surface area contributed by atoms with Crippen molar-refractivity contribution in [1.29, 1.82) is 0 Å². The first kappa shape index (κ1) is 21.3. The standard InChI is InChI=1S/C20H26ClNO4Si/c1-22(20(23)25-14-16-7-5-4-6-8-16)19-10-9-17(13-18(19)21)26-15-24-11-12-27(2)3/h4-10,13,27H,11-12,14-15H2,1-3H3. The molecular weight excluding hydrogens is 382 g/mol. The number of carbonyl (C=O) groups excluding carboxylic acids is 1. The molecule has 5 nitrogen and oxygen atoms in total. The summed E-state index contributed by atoms with van der Waals surface area (Å²) >= 11 is 6.30. The average molecular weight is 408 g/mol. The maximum absolute atomic E-state index is 12.2. The normalized spacial score (nSPS) is 10.7. The van der Waals surface area contributed by atoms with E-state index in [9.17, 15) is 4.79 Å². The molecule has 2 aromatic rings. The molecule has 0 atom stereocenters. The van der Waals surface area contributed by atoms with Crippen LogP contribution in [0.1, 0.15) is 5.56 Å². The molecule has 0 spiro atoms. The van der Waals surface area contributed by atoms with Gasteiger partial charge in [0.2, 0.25) is 0 Å². The van der Waals surface area contributed by atoms with Crippen LogP contribution in [0.4, 0.5) is 10.5 Å². The van der Waals surface area contributed by atoms with E-state index in [0.29, 0.717) is 23.1 Å². The van der Waals surface area contributed by atoms with Crippen LogP contribution in [0.2, 0.25) is 24.2 Å². The number of halogens is 1. The lowest BCUT2D eigenvalue weighted by molar-refractivity contribution is 0.0223. The molecule has 0 fully saturated rings. The average Bonchev–Trinajstić information content (AvgIpc) is 2.66. The SMILES string of the molecule is CN(C(=O)OCc1ccccc1)c1ccc(OCOCC[SiH](C)C)cc1Cl. The summed E-state index contributed by atoms with van der Waals surface area (Å²) in [6.07, 6.45) is -0.476. The van der Waals surface area contributed by atoms with Gasteiger partial charge in [-0.3, -0.25) is 4.90 Å². The van der Waals surface area contributed by atoms with E-state index in [4.69, 9.17) is 25.8 Å². The van der Waals surface area contributed by atoms with E-state index in [1.807, 2.05) is 30.3 Å². The number of benzene rings is 2. The molecule has 0 radical (unpaired) electrons. The molecule has 0 N–H and O–H groups in total. The first-order valence-corrected chi connectivity index (χ1v) is 12.4. The molecule has 1 amide bonds. The summed E-state index contributed by atoms with van der Waals surface area (Å²) in [7, 11) is 1.02. The zero-order chi connectivity index (χ0) is 19.6. The summed E-state index contributed by atoms with van der Waals surface area (Å²) in [4.78, 5) is 13.6. The third-order valence-corrected chi connectivity index (χ3v) is 5.60. The van der Waals surface area contributed by atoms with Crippen molar-refractivity contribution in [3.63, 3.8) is 0 Å². The van der Waals surface area contributed by atoms with Crippen molar-refractivity contribution in [2.45, 2.75) is 25.7 Å². The summed E-state index contributed by atoms with van der Waals surface area (Å²) in [6.45, 7) is 5.67. The molecule has 2 aromatic carbocycles. The summed E-state index contributed by atoms with van der Waals surface area (Å²) in [6, 6.07) is 15.8. The Hall–Kier alpha value is -2.02. The minimum Gasteiger partial charge on any atom is -0.468 e. The van der Waals surface area contributed by atoms with Crippen molar-refractivity contribution in [3.05, 3.63) is 59.1 Å². The van der Waals surface area contributed by atoms with E-state index < -0.39 is 14.9 Å². The van der Waals surface area contributed by atoms with Crippen LogP contribution in [0.15, 0.2) is 48.5 Å². The maximum Gasteiger partial charge on any atom is 0.414 e. The van der Waals surface area contributed by atoms with Crippen LogP contribution in [0.3, 0.4) is 0 Å². The van der Waals surface area contributed by atoms with Crippen LogP contribution in [0.25, 0.3) is 0 Å². The Morgan fingerprint density at radius 3 is 2.56 bits per heavy atom. The van der Waals surface area contributed by atoms with E-state index >= 15 is 0 Å². The molecular formula is C20H26ClNO4Si. The molecule has 0 aliphatic carbocycles. The number of ether oxygens (including phenoxy) is 3. The lowest BCUT2D eigenvalue weighted by Crippen LogP contribution is -2.27. The van der Waals surface area contributed by atoms with Gasteiger partial charge in [-0.05, 0) is 23.7 Å². The highest BCUT2D eigenvalue weighted by molar-refractivity contribution is 6.55. The van der Waals surface area contributed by atoms with Crippen LogP contribution in [-0.4, -0.2) is 35.3 Å². The molecule has 0 heterocycles. The number of hydrogen-bond acceptors (Lipinski definition) is 4. The van der Waals surface area contributed by atoms with Gasteiger partial charge in [0, 0.05) is 28.5 Å². The number of carbonyl (C=O) groups is 1. The summed E-state index contributed by atoms with van der Waals surface area (Å²) in [5.74, 6) is 0.594. The van der Waals surface area contributed by atoms with Crippen molar-refractivity contribution in [2.24, 2.45) is 0 Å². The second-order valence-corrected chi connectivity index (χ2v) is 10.3. The minimum absolute atomic E-state index is 0.186. The first-order chi connectivity index (χ1) is 13.0. The molecule has 146 valence electrons. The van der Waals surface area contributed by atoms with E-state index in [1.54, 1.807) is 25.2 Å².